The first kappa shape index (κ1) is 25.6. The Hall–Kier alpha value is -4.09. The molecule has 0 amide bonds. The molecule has 0 fully saturated rings. The van der Waals surface area contributed by atoms with Crippen LogP contribution in [0.3, 0.4) is 0 Å². The minimum atomic E-state index is -4.48. The largest absolute Gasteiger partial charge is 0.416 e. The maximum Gasteiger partial charge on any atom is 0.416 e. The Labute approximate surface area is 213 Å². The molecular weight excluding hydrogens is 507 g/mol. The number of halogens is 5. The van der Waals surface area contributed by atoms with Crippen molar-refractivity contribution in [3.05, 3.63) is 81.5 Å². The van der Waals surface area contributed by atoms with Gasteiger partial charge in [0.15, 0.2) is 5.49 Å². The number of benzene rings is 1. The molecule has 2 aromatic rings. The van der Waals surface area contributed by atoms with E-state index in [0.717, 1.165) is 16.7 Å². The van der Waals surface area contributed by atoms with Crippen molar-refractivity contribution >= 4 is 5.82 Å². The van der Waals surface area contributed by atoms with Gasteiger partial charge in [-0.05, 0) is 43.7 Å². The Morgan fingerprint density at radius 2 is 1.89 bits per heavy atom. The number of hydrogen-bond acceptors (Lipinski definition) is 5. The highest BCUT2D eigenvalue weighted by Crippen LogP contribution is 2.36. The fraction of sp³-hybridized carbons (Fsp3) is 0.308. The number of aromatic nitrogens is 4. The summed E-state index contributed by atoms with van der Waals surface area (Å²) in [5.41, 5.74) is 1.07. The predicted molar refractivity (Wildman–Crippen MR) is 131 cm³/mol. The van der Waals surface area contributed by atoms with Crippen molar-refractivity contribution in [3.63, 3.8) is 0 Å². The first-order chi connectivity index (χ1) is 18.0. The molecule has 1 atom stereocenters. The number of hydrogen-bond donors (Lipinski definition) is 1. The second-order valence-corrected chi connectivity index (χ2v) is 9.04. The summed E-state index contributed by atoms with van der Waals surface area (Å²) in [6.45, 7) is 3.81. The normalized spacial score (nSPS) is 14.7. The average molecular weight is 531 g/mol. The number of rotatable bonds is 5. The van der Waals surface area contributed by atoms with Crippen LogP contribution in [0.5, 0.6) is 0 Å². The lowest BCUT2D eigenvalue weighted by Gasteiger charge is -2.19. The van der Waals surface area contributed by atoms with Crippen LogP contribution in [-0.2, 0) is 19.3 Å². The highest BCUT2D eigenvalue weighted by molar-refractivity contribution is 5.82. The number of pyridine rings is 2. The third-order valence-electron chi connectivity index (χ3n) is 6.36. The van der Waals surface area contributed by atoms with Crippen molar-refractivity contribution in [3.8, 4) is 22.5 Å². The molecule has 3 aliphatic heterocycles. The topological polar surface area (TPSA) is 77.1 Å². The number of alkyl halides is 5. The van der Waals surface area contributed by atoms with Crippen LogP contribution in [0.4, 0.5) is 27.8 Å². The van der Waals surface area contributed by atoms with Crippen molar-refractivity contribution in [1.82, 2.24) is 19.1 Å². The summed E-state index contributed by atoms with van der Waals surface area (Å²) < 4.78 is 68.7. The number of nitrogens with zero attached hydrogens (tertiary/aromatic N) is 5. The molecule has 7 nitrogen and oxygen atoms in total. The average Bonchev–Trinajstić information content (AvgIpc) is 3.35. The van der Waals surface area contributed by atoms with Gasteiger partial charge in [0, 0.05) is 36.5 Å². The zero-order valence-corrected chi connectivity index (χ0v) is 20.4. The summed E-state index contributed by atoms with van der Waals surface area (Å²) in [5.74, 6) is 1.72. The molecule has 0 saturated heterocycles. The summed E-state index contributed by atoms with van der Waals surface area (Å²) in [6.07, 6.45) is -5.79. The molecule has 0 aliphatic carbocycles. The first-order valence-electron chi connectivity index (χ1n) is 11.9. The molecule has 0 bridgehead atoms. The molecular formula is C26H23F5N6O. The van der Waals surface area contributed by atoms with Gasteiger partial charge in [-0.15, -0.1) is 0 Å². The molecule has 1 aromatic carbocycles. The van der Waals surface area contributed by atoms with Crippen LogP contribution in [0.1, 0.15) is 29.9 Å². The van der Waals surface area contributed by atoms with Gasteiger partial charge >= 0.3 is 6.18 Å². The fourth-order valence-electron chi connectivity index (χ4n) is 4.58. The molecule has 198 valence electrons. The van der Waals surface area contributed by atoms with Crippen LogP contribution in [0.25, 0.3) is 22.5 Å². The standard InChI is InChI=1S/C26H23F5N6O/c1-14(16-4-3-5-18(10-16)26(29,30)31)33-23-20-11-19(17-6-7-22(38)36(12-17)13-21(27)28)24-32-8-9-37(24)25(20)35-15(2)34-23/h3-7,10-12,14,21,32H,8-9,13H2,1-2H3. The van der Waals surface area contributed by atoms with Gasteiger partial charge in [0.05, 0.1) is 23.7 Å². The number of fused-ring (bicyclic) bond motifs is 3. The van der Waals surface area contributed by atoms with Crippen LogP contribution in [0, 0.1) is 6.92 Å². The third kappa shape index (κ3) is 4.90. The van der Waals surface area contributed by atoms with E-state index < -0.39 is 36.3 Å². The van der Waals surface area contributed by atoms with E-state index in [9.17, 15) is 26.7 Å². The summed E-state index contributed by atoms with van der Waals surface area (Å²) in [6, 6.07) is 8.91. The molecule has 0 radical (unpaired) electrons. The Morgan fingerprint density at radius 1 is 1.11 bits per heavy atom. The lowest BCUT2D eigenvalue weighted by atomic mass is 10.0. The molecule has 38 heavy (non-hydrogen) atoms. The van der Waals surface area contributed by atoms with E-state index in [1.165, 1.54) is 18.3 Å². The van der Waals surface area contributed by atoms with E-state index >= 15 is 0 Å². The lowest BCUT2D eigenvalue weighted by molar-refractivity contribution is -0.137. The number of nitrogens with one attached hydrogen (secondary N) is 1. The zero-order valence-electron chi connectivity index (χ0n) is 20.4. The molecule has 1 N–H and O–H groups in total. The van der Waals surface area contributed by atoms with Crippen molar-refractivity contribution in [1.29, 1.82) is 0 Å². The minimum absolute atomic E-state index is 0.293. The quantitative estimate of drug-likeness (QED) is 0.373. The smallest absolute Gasteiger partial charge is 0.369 e. The monoisotopic (exact) mass is 530 g/mol. The van der Waals surface area contributed by atoms with Crippen molar-refractivity contribution in [2.24, 2.45) is 4.99 Å². The highest BCUT2D eigenvalue weighted by atomic mass is 19.4. The summed E-state index contributed by atoms with van der Waals surface area (Å²) in [7, 11) is 0. The second kappa shape index (κ2) is 9.66. The van der Waals surface area contributed by atoms with E-state index in [1.54, 1.807) is 32.0 Å². The van der Waals surface area contributed by atoms with Crippen LogP contribution >= 0.6 is 0 Å². The van der Waals surface area contributed by atoms with Gasteiger partial charge in [-0.2, -0.15) is 13.2 Å². The molecule has 5 rings (SSSR count). The highest BCUT2D eigenvalue weighted by Gasteiger charge is 2.31. The van der Waals surface area contributed by atoms with Crippen LogP contribution in [0.15, 0.2) is 58.4 Å². The second-order valence-electron chi connectivity index (χ2n) is 9.04. The molecule has 0 saturated carbocycles. The van der Waals surface area contributed by atoms with Crippen LogP contribution in [0.2, 0.25) is 0 Å². The van der Waals surface area contributed by atoms with Crippen LogP contribution in [-0.4, -0.2) is 32.1 Å². The van der Waals surface area contributed by atoms with E-state index in [-0.39, 0.29) is 0 Å². The molecule has 1 aromatic heterocycles. The minimum Gasteiger partial charge on any atom is -0.369 e. The molecule has 0 spiro atoms. The SMILES string of the molecule is Cc1nc2n3c(c(-c4ccc(=O)n(CC(F)F)c4)cc-2c(=NC(C)c2cccc(C(F)(F)F)c2)n1)NCC3. The van der Waals surface area contributed by atoms with Crippen molar-refractivity contribution < 1.29 is 22.0 Å². The van der Waals surface area contributed by atoms with E-state index in [2.05, 4.69) is 20.3 Å². The van der Waals surface area contributed by atoms with Gasteiger partial charge < -0.3 is 14.5 Å². The maximum atomic E-state index is 13.3. The molecule has 1 unspecified atom stereocenters. The first-order valence-corrected chi connectivity index (χ1v) is 11.9. The van der Waals surface area contributed by atoms with Crippen molar-refractivity contribution in [2.75, 3.05) is 11.9 Å². The number of anilines is 1. The zero-order chi connectivity index (χ0) is 27.2. The number of aryl methyl sites for hydroxylation is 1. The van der Waals surface area contributed by atoms with Gasteiger partial charge in [-0.1, -0.05) is 12.1 Å². The molecule has 3 aliphatic rings. The fourth-order valence-corrected chi connectivity index (χ4v) is 4.58. The van der Waals surface area contributed by atoms with Gasteiger partial charge in [0.1, 0.15) is 17.5 Å². The summed E-state index contributed by atoms with van der Waals surface area (Å²) >= 11 is 0. The van der Waals surface area contributed by atoms with Crippen molar-refractivity contribution in [2.45, 2.75) is 45.6 Å². The van der Waals surface area contributed by atoms with Gasteiger partial charge in [-0.25, -0.2) is 18.7 Å². The van der Waals surface area contributed by atoms with Gasteiger partial charge in [-0.3, -0.25) is 9.79 Å². The third-order valence-corrected chi connectivity index (χ3v) is 6.36. The molecule has 12 heteroatoms. The Balaban J connectivity index is 1.69. The Bertz CT molecular complexity index is 1610. The lowest BCUT2D eigenvalue weighted by Crippen LogP contribution is -2.23. The molecule has 4 heterocycles. The Morgan fingerprint density at radius 3 is 2.63 bits per heavy atom. The predicted octanol–water partition coefficient (Wildman–Crippen LogP) is 4.89. The summed E-state index contributed by atoms with van der Waals surface area (Å²) in [4.78, 5) is 25.9. The van der Waals surface area contributed by atoms with Crippen LogP contribution < -0.4 is 16.4 Å². The Kier molecular flexibility index (Phi) is 6.49. The van der Waals surface area contributed by atoms with E-state index in [1.807, 2.05) is 4.57 Å². The van der Waals surface area contributed by atoms with E-state index in [0.29, 0.717) is 58.3 Å². The maximum absolute atomic E-state index is 13.3. The van der Waals surface area contributed by atoms with E-state index in [4.69, 9.17) is 0 Å². The van der Waals surface area contributed by atoms with Gasteiger partial charge in [0.2, 0.25) is 0 Å². The summed E-state index contributed by atoms with van der Waals surface area (Å²) in [5, 5.41) is 3.29. The van der Waals surface area contributed by atoms with Gasteiger partial charge in [0.25, 0.3) is 12.0 Å².